The standard InChI is InChI=1S/C12H22N2O2S3/c1-17-9-5-3-2-4-8-14-19(15,16)12-7-6-11(10-13)18-12/h6-7,14H,2-5,8-10,13H2,1H3. The van der Waals surface area contributed by atoms with Gasteiger partial charge in [0.15, 0.2) is 0 Å². The predicted octanol–water partition coefficient (Wildman–Crippen LogP) is 2.41. The molecule has 0 radical (unpaired) electrons. The number of hydrogen-bond acceptors (Lipinski definition) is 5. The van der Waals surface area contributed by atoms with Crippen molar-refractivity contribution in [3.63, 3.8) is 0 Å². The number of unbranched alkanes of at least 4 members (excludes halogenated alkanes) is 3. The maximum Gasteiger partial charge on any atom is 0.250 e. The number of nitrogens with one attached hydrogen (secondary N) is 1. The van der Waals surface area contributed by atoms with Gasteiger partial charge in [0, 0.05) is 18.0 Å². The van der Waals surface area contributed by atoms with Gasteiger partial charge in [0.25, 0.3) is 0 Å². The maximum atomic E-state index is 12.0. The molecule has 0 saturated heterocycles. The number of hydrogen-bond donors (Lipinski definition) is 2. The van der Waals surface area contributed by atoms with Crippen molar-refractivity contribution < 1.29 is 8.42 Å². The van der Waals surface area contributed by atoms with Crippen LogP contribution in [0.2, 0.25) is 0 Å². The first-order valence-corrected chi connectivity index (χ1v) is 10.1. The molecule has 0 atom stereocenters. The van der Waals surface area contributed by atoms with E-state index < -0.39 is 10.0 Å². The summed E-state index contributed by atoms with van der Waals surface area (Å²) in [7, 11) is -3.34. The van der Waals surface area contributed by atoms with E-state index in [2.05, 4.69) is 11.0 Å². The van der Waals surface area contributed by atoms with E-state index in [1.165, 1.54) is 29.9 Å². The van der Waals surface area contributed by atoms with E-state index in [4.69, 9.17) is 5.73 Å². The Balaban J connectivity index is 2.27. The average molecular weight is 323 g/mol. The molecule has 0 aromatic carbocycles. The zero-order chi connectivity index (χ0) is 14.1. The predicted molar refractivity (Wildman–Crippen MR) is 84.2 cm³/mol. The molecule has 0 aliphatic carbocycles. The minimum Gasteiger partial charge on any atom is -0.326 e. The fraction of sp³-hybridized carbons (Fsp3) is 0.667. The van der Waals surface area contributed by atoms with Gasteiger partial charge in [-0.3, -0.25) is 0 Å². The third-order valence-corrected chi connectivity index (χ3v) is 6.43. The summed E-state index contributed by atoms with van der Waals surface area (Å²) >= 11 is 3.09. The zero-order valence-corrected chi connectivity index (χ0v) is 13.7. The van der Waals surface area contributed by atoms with Crippen LogP contribution >= 0.6 is 23.1 Å². The number of thioether (sulfide) groups is 1. The summed E-state index contributed by atoms with van der Waals surface area (Å²) in [5, 5.41) is 0. The van der Waals surface area contributed by atoms with Crippen molar-refractivity contribution in [3.05, 3.63) is 17.0 Å². The summed E-state index contributed by atoms with van der Waals surface area (Å²) in [6.07, 6.45) is 6.44. The molecule has 0 spiro atoms. The van der Waals surface area contributed by atoms with E-state index in [1.807, 2.05) is 11.8 Å². The van der Waals surface area contributed by atoms with Crippen LogP contribution in [-0.4, -0.2) is 27.0 Å². The third-order valence-electron chi connectivity index (χ3n) is 2.67. The van der Waals surface area contributed by atoms with Gasteiger partial charge in [-0.25, -0.2) is 13.1 Å². The Morgan fingerprint density at radius 3 is 2.63 bits per heavy atom. The van der Waals surface area contributed by atoms with Crippen LogP contribution in [0.4, 0.5) is 0 Å². The molecule has 0 amide bonds. The van der Waals surface area contributed by atoms with E-state index in [-0.39, 0.29) is 0 Å². The number of rotatable bonds is 10. The second-order valence-electron chi connectivity index (χ2n) is 4.23. The molecule has 1 aromatic rings. The minimum absolute atomic E-state index is 0.357. The first-order valence-electron chi connectivity index (χ1n) is 6.37. The highest BCUT2D eigenvalue weighted by Crippen LogP contribution is 2.20. The molecule has 110 valence electrons. The Morgan fingerprint density at radius 1 is 1.26 bits per heavy atom. The Bertz CT molecular complexity index is 457. The van der Waals surface area contributed by atoms with Crippen molar-refractivity contribution in [3.8, 4) is 0 Å². The van der Waals surface area contributed by atoms with E-state index in [0.29, 0.717) is 17.3 Å². The molecule has 19 heavy (non-hydrogen) atoms. The zero-order valence-electron chi connectivity index (χ0n) is 11.2. The lowest BCUT2D eigenvalue weighted by Crippen LogP contribution is -2.23. The molecule has 0 fully saturated rings. The van der Waals surface area contributed by atoms with Gasteiger partial charge in [-0.05, 0) is 37.0 Å². The number of sulfonamides is 1. The molecule has 0 bridgehead atoms. The van der Waals surface area contributed by atoms with Crippen LogP contribution in [-0.2, 0) is 16.6 Å². The highest BCUT2D eigenvalue weighted by Gasteiger charge is 2.15. The normalized spacial score (nSPS) is 11.9. The Labute approximate surface area is 124 Å². The monoisotopic (exact) mass is 322 g/mol. The summed E-state index contributed by atoms with van der Waals surface area (Å²) in [5.74, 6) is 1.18. The largest absolute Gasteiger partial charge is 0.326 e. The lowest BCUT2D eigenvalue weighted by atomic mass is 10.2. The van der Waals surface area contributed by atoms with Crippen LogP contribution < -0.4 is 10.5 Å². The van der Waals surface area contributed by atoms with Gasteiger partial charge in [0.1, 0.15) is 4.21 Å². The van der Waals surface area contributed by atoms with E-state index >= 15 is 0 Å². The van der Waals surface area contributed by atoms with Crippen molar-refractivity contribution >= 4 is 33.1 Å². The molecule has 7 heteroatoms. The maximum absolute atomic E-state index is 12.0. The van der Waals surface area contributed by atoms with Gasteiger partial charge in [-0.15, -0.1) is 11.3 Å². The van der Waals surface area contributed by atoms with Crippen molar-refractivity contribution in [2.45, 2.75) is 36.4 Å². The summed E-state index contributed by atoms with van der Waals surface area (Å²) < 4.78 is 26.9. The smallest absolute Gasteiger partial charge is 0.250 e. The van der Waals surface area contributed by atoms with Gasteiger partial charge >= 0.3 is 0 Å². The second kappa shape index (κ2) is 8.97. The number of nitrogens with two attached hydrogens (primary N) is 1. The first kappa shape index (κ1) is 17.0. The quantitative estimate of drug-likeness (QED) is 0.649. The van der Waals surface area contributed by atoms with E-state index in [9.17, 15) is 8.42 Å². The molecule has 1 rings (SSSR count). The second-order valence-corrected chi connectivity index (χ2v) is 8.38. The van der Waals surface area contributed by atoms with Crippen LogP contribution in [0.15, 0.2) is 16.3 Å². The number of thiophene rings is 1. The van der Waals surface area contributed by atoms with Gasteiger partial charge in [0.2, 0.25) is 10.0 Å². The Morgan fingerprint density at radius 2 is 2.00 bits per heavy atom. The van der Waals surface area contributed by atoms with Gasteiger partial charge in [0.05, 0.1) is 0 Å². The van der Waals surface area contributed by atoms with E-state index in [0.717, 1.165) is 17.7 Å². The molecule has 4 nitrogen and oxygen atoms in total. The molecular weight excluding hydrogens is 300 g/mol. The third kappa shape index (κ3) is 6.27. The SMILES string of the molecule is CSCCCCCCNS(=O)(=O)c1ccc(CN)s1. The molecular formula is C12H22N2O2S3. The van der Waals surface area contributed by atoms with Crippen molar-refractivity contribution in [1.82, 2.24) is 4.72 Å². The molecule has 0 aliphatic rings. The topological polar surface area (TPSA) is 72.2 Å². The van der Waals surface area contributed by atoms with E-state index in [1.54, 1.807) is 12.1 Å². The van der Waals surface area contributed by atoms with Crippen molar-refractivity contribution in [1.29, 1.82) is 0 Å². The lowest BCUT2D eigenvalue weighted by Gasteiger charge is -2.04. The lowest BCUT2D eigenvalue weighted by molar-refractivity contribution is 0.576. The molecule has 1 heterocycles. The summed E-state index contributed by atoms with van der Waals surface area (Å²) in [6, 6.07) is 3.38. The Kier molecular flexibility index (Phi) is 8.01. The molecule has 0 unspecified atom stereocenters. The van der Waals surface area contributed by atoms with Crippen molar-refractivity contribution in [2.75, 3.05) is 18.6 Å². The van der Waals surface area contributed by atoms with Gasteiger partial charge < -0.3 is 5.73 Å². The fourth-order valence-electron chi connectivity index (χ4n) is 1.61. The highest BCUT2D eigenvalue weighted by molar-refractivity contribution is 7.98. The summed E-state index contributed by atoms with van der Waals surface area (Å²) in [6.45, 7) is 0.896. The van der Waals surface area contributed by atoms with Gasteiger partial charge in [-0.1, -0.05) is 12.8 Å². The minimum atomic E-state index is -3.34. The average Bonchev–Trinajstić information content (AvgIpc) is 2.87. The van der Waals surface area contributed by atoms with Crippen LogP contribution in [0, 0.1) is 0 Å². The molecule has 1 aromatic heterocycles. The van der Waals surface area contributed by atoms with Crippen LogP contribution in [0.1, 0.15) is 30.6 Å². The fourth-order valence-corrected chi connectivity index (χ4v) is 4.46. The van der Waals surface area contributed by atoms with Crippen molar-refractivity contribution in [2.24, 2.45) is 5.73 Å². The van der Waals surface area contributed by atoms with Crippen LogP contribution in [0.3, 0.4) is 0 Å². The first-order chi connectivity index (χ1) is 9.10. The highest BCUT2D eigenvalue weighted by atomic mass is 32.2. The summed E-state index contributed by atoms with van der Waals surface area (Å²) in [4.78, 5) is 0.887. The Hall–Kier alpha value is -0.0800. The summed E-state index contributed by atoms with van der Waals surface area (Å²) in [5.41, 5.74) is 5.48. The molecule has 0 saturated carbocycles. The van der Waals surface area contributed by atoms with Crippen LogP contribution in [0.25, 0.3) is 0 Å². The molecule has 0 aliphatic heterocycles. The van der Waals surface area contributed by atoms with Crippen LogP contribution in [0.5, 0.6) is 0 Å². The molecule has 3 N–H and O–H groups in total. The van der Waals surface area contributed by atoms with Gasteiger partial charge in [-0.2, -0.15) is 11.8 Å².